The minimum absolute atomic E-state index is 0.305. The summed E-state index contributed by atoms with van der Waals surface area (Å²) in [7, 11) is 2.00. The first-order valence-corrected chi connectivity index (χ1v) is 10.5. The van der Waals surface area contributed by atoms with Gasteiger partial charge in [-0.2, -0.15) is 0 Å². The van der Waals surface area contributed by atoms with E-state index < -0.39 is 0 Å². The van der Waals surface area contributed by atoms with Crippen LogP contribution in [0, 0.1) is 6.92 Å². The molecule has 0 unspecified atom stereocenters. The van der Waals surface area contributed by atoms with Crippen molar-refractivity contribution in [2.75, 3.05) is 30.8 Å². The van der Waals surface area contributed by atoms with Crippen LogP contribution in [0.4, 0.5) is 11.5 Å². The number of likely N-dealkylation sites (N-methyl/N-ethyl adjacent to an activating group) is 1. The Morgan fingerprint density at radius 2 is 1.78 bits per heavy atom. The maximum atomic E-state index is 12.9. The van der Waals surface area contributed by atoms with Gasteiger partial charge in [0.15, 0.2) is 0 Å². The van der Waals surface area contributed by atoms with Gasteiger partial charge in [0, 0.05) is 30.9 Å². The van der Waals surface area contributed by atoms with Gasteiger partial charge in [0.25, 0.3) is 11.8 Å². The summed E-state index contributed by atoms with van der Waals surface area (Å²) in [5.41, 5.74) is 3.10. The number of aryl methyl sites for hydroxylation is 1. The molecule has 2 amide bonds. The summed E-state index contributed by atoms with van der Waals surface area (Å²) in [4.78, 5) is 36.4. The van der Waals surface area contributed by atoms with Gasteiger partial charge < -0.3 is 15.5 Å². The second-order valence-electron chi connectivity index (χ2n) is 7.52. The third kappa shape index (κ3) is 4.78. The van der Waals surface area contributed by atoms with Crippen LogP contribution in [0.1, 0.15) is 31.8 Å². The van der Waals surface area contributed by atoms with Crippen molar-refractivity contribution in [3.8, 4) is 0 Å². The highest BCUT2D eigenvalue weighted by Crippen LogP contribution is 2.21. The summed E-state index contributed by atoms with van der Waals surface area (Å²) in [5, 5.41) is 6.05. The number of aromatic nitrogens is 1. The zero-order valence-electron chi connectivity index (χ0n) is 17.7. The maximum absolute atomic E-state index is 12.9. The molecule has 0 fully saturated rings. The molecule has 1 aromatic heterocycles. The van der Waals surface area contributed by atoms with Crippen LogP contribution >= 0.6 is 11.6 Å². The first-order valence-electron chi connectivity index (χ1n) is 10.1. The number of aliphatic imine (C=N–C) groups is 1. The van der Waals surface area contributed by atoms with Crippen molar-refractivity contribution in [2.45, 2.75) is 6.92 Å². The van der Waals surface area contributed by atoms with Crippen LogP contribution in [0.15, 0.2) is 65.8 Å². The number of anilines is 2. The van der Waals surface area contributed by atoms with Crippen molar-refractivity contribution < 1.29 is 9.59 Å². The minimum atomic E-state index is -0.378. The maximum Gasteiger partial charge on any atom is 0.258 e. The molecule has 2 heterocycles. The second kappa shape index (κ2) is 9.20. The number of halogens is 1. The van der Waals surface area contributed by atoms with Crippen molar-refractivity contribution in [3.63, 3.8) is 0 Å². The number of nitrogens with one attached hydrogen (secondary N) is 2. The van der Waals surface area contributed by atoms with Crippen LogP contribution in [0.2, 0.25) is 5.02 Å². The first-order chi connectivity index (χ1) is 15.4. The molecule has 32 heavy (non-hydrogen) atoms. The zero-order chi connectivity index (χ0) is 22.7. The highest BCUT2D eigenvalue weighted by atomic mass is 35.5. The lowest BCUT2D eigenvalue weighted by atomic mass is 10.1. The van der Waals surface area contributed by atoms with Crippen LogP contribution in [-0.2, 0) is 0 Å². The number of hydrogen-bond acceptors (Lipinski definition) is 5. The first kappa shape index (κ1) is 21.5. The Balaban J connectivity index is 1.52. The van der Waals surface area contributed by atoms with E-state index >= 15 is 0 Å². The highest BCUT2D eigenvalue weighted by molar-refractivity contribution is 6.30. The Kier molecular flexibility index (Phi) is 6.18. The topological polar surface area (TPSA) is 86.7 Å². The minimum Gasteiger partial charge on any atom is -0.358 e. The van der Waals surface area contributed by atoms with E-state index in [1.165, 1.54) is 6.20 Å². The number of benzene rings is 2. The predicted molar refractivity (Wildman–Crippen MR) is 127 cm³/mol. The molecule has 0 radical (unpaired) electrons. The van der Waals surface area contributed by atoms with Crippen molar-refractivity contribution in [3.05, 3.63) is 88.1 Å². The second-order valence-corrected chi connectivity index (χ2v) is 7.96. The molecule has 0 atom stereocenters. The van der Waals surface area contributed by atoms with Crippen LogP contribution in [0.25, 0.3) is 0 Å². The van der Waals surface area contributed by atoms with Crippen molar-refractivity contribution in [1.29, 1.82) is 0 Å². The van der Waals surface area contributed by atoms with E-state index in [4.69, 9.17) is 11.6 Å². The smallest absolute Gasteiger partial charge is 0.258 e. The van der Waals surface area contributed by atoms with Gasteiger partial charge in [-0.05, 0) is 43.3 Å². The molecular weight excluding hydrogens is 426 g/mol. The normalized spacial score (nSPS) is 13.0. The molecule has 0 saturated carbocycles. The van der Waals surface area contributed by atoms with E-state index in [0.29, 0.717) is 27.7 Å². The third-order valence-corrected chi connectivity index (χ3v) is 5.32. The van der Waals surface area contributed by atoms with Gasteiger partial charge in [-0.25, -0.2) is 4.98 Å². The summed E-state index contributed by atoms with van der Waals surface area (Å²) in [6, 6.07) is 15.8. The largest absolute Gasteiger partial charge is 0.358 e. The van der Waals surface area contributed by atoms with Gasteiger partial charge in [0.05, 0.1) is 22.8 Å². The third-order valence-electron chi connectivity index (χ3n) is 5.10. The Labute approximate surface area is 191 Å². The lowest BCUT2D eigenvalue weighted by Gasteiger charge is -2.14. The molecule has 2 N–H and O–H groups in total. The van der Waals surface area contributed by atoms with Gasteiger partial charge in [0.1, 0.15) is 11.7 Å². The number of pyridine rings is 1. The number of rotatable bonds is 5. The summed E-state index contributed by atoms with van der Waals surface area (Å²) in [6.45, 7) is 3.55. The Hall–Kier alpha value is -3.71. The molecule has 1 aliphatic heterocycles. The standard InChI is InChI=1S/C24H22ClN5O2/c1-15-3-9-20(19(13-15)24(32)29-21-10-8-18(25)14-27-21)28-23(31)17-6-4-16(5-7-17)22-26-11-12-30(22)2/h3-10,13-14H,11-12H2,1-2H3,(H,28,31)(H,27,29,32). The molecule has 0 aliphatic carbocycles. The molecule has 1 aliphatic rings. The van der Waals surface area contributed by atoms with Gasteiger partial charge >= 0.3 is 0 Å². The molecule has 162 valence electrons. The number of amidine groups is 1. The average Bonchev–Trinajstić information content (AvgIpc) is 3.22. The molecule has 7 nitrogen and oxygen atoms in total. The Bertz CT molecular complexity index is 1190. The van der Waals surface area contributed by atoms with Gasteiger partial charge in [-0.15, -0.1) is 0 Å². The lowest BCUT2D eigenvalue weighted by Crippen LogP contribution is -2.23. The predicted octanol–water partition coefficient (Wildman–Crippen LogP) is 4.24. The van der Waals surface area contributed by atoms with Crippen molar-refractivity contribution in [2.24, 2.45) is 4.99 Å². The number of hydrogen-bond donors (Lipinski definition) is 2. The van der Waals surface area contributed by atoms with Crippen LogP contribution < -0.4 is 10.6 Å². The number of amides is 2. The Morgan fingerprint density at radius 1 is 1.00 bits per heavy atom. The molecule has 0 spiro atoms. The van der Waals surface area contributed by atoms with E-state index in [1.807, 2.05) is 32.2 Å². The fourth-order valence-corrected chi connectivity index (χ4v) is 3.51. The van der Waals surface area contributed by atoms with E-state index in [1.54, 1.807) is 36.4 Å². The van der Waals surface area contributed by atoms with Gasteiger partial charge in [0.2, 0.25) is 0 Å². The molecule has 2 aromatic carbocycles. The molecule has 8 heteroatoms. The lowest BCUT2D eigenvalue weighted by molar-refractivity contribution is 0.102. The molecule has 0 bridgehead atoms. The molecule has 3 aromatic rings. The number of nitrogens with zero attached hydrogens (tertiary/aromatic N) is 3. The molecule has 4 rings (SSSR count). The van der Waals surface area contributed by atoms with Crippen LogP contribution in [-0.4, -0.2) is 47.7 Å². The monoisotopic (exact) mass is 447 g/mol. The summed E-state index contributed by atoms with van der Waals surface area (Å²) in [6.07, 6.45) is 1.45. The summed E-state index contributed by atoms with van der Waals surface area (Å²) in [5.74, 6) is 0.607. The SMILES string of the molecule is Cc1ccc(NC(=O)c2ccc(C3=NCCN3C)cc2)c(C(=O)Nc2ccc(Cl)cn2)c1. The van der Waals surface area contributed by atoms with Crippen molar-refractivity contribution in [1.82, 2.24) is 9.88 Å². The summed E-state index contributed by atoms with van der Waals surface area (Å²) < 4.78 is 0. The van der Waals surface area contributed by atoms with E-state index in [2.05, 4.69) is 25.5 Å². The van der Waals surface area contributed by atoms with Crippen LogP contribution in [0.3, 0.4) is 0 Å². The van der Waals surface area contributed by atoms with Gasteiger partial charge in [-0.1, -0.05) is 35.4 Å². The number of carbonyl (C=O) groups is 2. The zero-order valence-corrected chi connectivity index (χ0v) is 18.5. The number of carbonyl (C=O) groups excluding carboxylic acids is 2. The quantitative estimate of drug-likeness (QED) is 0.612. The Morgan fingerprint density at radius 3 is 2.44 bits per heavy atom. The fourth-order valence-electron chi connectivity index (χ4n) is 3.40. The molecule has 0 saturated heterocycles. The van der Waals surface area contributed by atoms with Crippen LogP contribution in [0.5, 0.6) is 0 Å². The van der Waals surface area contributed by atoms with E-state index in [0.717, 1.165) is 30.1 Å². The molecular formula is C24H22ClN5O2. The highest BCUT2D eigenvalue weighted by Gasteiger charge is 2.17. The average molecular weight is 448 g/mol. The van der Waals surface area contributed by atoms with Crippen molar-refractivity contribution >= 4 is 40.8 Å². The fraction of sp³-hybridized carbons (Fsp3) is 0.167. The van der Waals surface area contributed by atoms with E-state index in [9.17, 15) is 9.59 Å². The summed E-state index contributed by atoms with van der Waals surface area (Å²) >= 11 is 5.85. The van der Waals surface area contributed by atoms with E-state index in [-0.39, 0.29) is 11.8 Å². The van der Waals surface area contributed by atoms with Gasteiger partial charge in [-0.3, -0.25) is 14.6 Å².